The summed E-state index contributed by atoms with van der Waals surface area (Å²) in [6.45, 7) is 0. The Balaban J connectivity index is 2.05. The Morgan fingerprint density at radius 2 is 1.76 bits per heavy atom. The molecule has 0 amide bonds. The summed E-state index contributed by atoms with van der Waals surface area (Å²) in [6.07, 6.45) is 2.91. The van der Waals surface area contributed by atoms with Gasteiger partial charge in [0.05, 0.1) is 25.4 Å². The molecule has 0 spiro atoms. The highest BCUT2D eigenvalue weighted by Crippen LogP contribution is 2.37. The van der Waals surface area contributed by atoms with Crippen LogP contribution >= 0.6 is 0 Å². The summed E-state index contributed by atoms with van der Waals surface area (Å²) in [5.74, 6) is 0.775. The number of aromatic nitrogens is 1. The molecule has 25 heavy (non-hydrogen) atoms. The minimum atomic E-state index is -0.651. The number of aliphatic imine (C=N–C) groups is 1. The van der Waals surface area contributed by atoms with E-state index >= 15 is 0 Å². The van der Waals surface area contributed by atoms with Crippen molar-refractivity contribution >= 4 is 22.7 Å². The van der Waals surface area contributed by atoms with Crippen LogP contribution in [-0.4, -0.2) is 25.3 Å². The third kappa shape index (κ3) is 3.27. The maximum absolute atomic E-state index is 14.1. The summed E-state index contributed by atoms with van der Waals surface area (Å²) >= 11 is 0. The average molecular weight is 340 g/mol. The van der Waals surface area contributed by atoms with Gasteiger partial charge in [-0.3, -0.25) is 4.98 Å². The number of fused-ring (bicyclic) bond motifs is 1. The van der Waals surface area contributed by atoms with Crippen molar-refractivity contribution in [2.24, 2.45) is 4.99 Å². The highest BCUT2D eigenvalue weighted by atomic mass is 19.1. The van der Waals surface area contributed by atoms with Crippen molar-refractivity contribution in [1.29, 1.82) is 0 Å². The van der Waals surface area contributed by atoms with Gasteiger partial charge in [-0.25, -0.2) is 9.18 Å². The SMILES string of the molecule is COc1cc2nccc(Oc3ccc(N=C=O)cc3F)c2cc1OC. The number of nitrogens with zero attached hydrogens (tertiary/aromatic N) is 2. The number of rotatable bonds is 5. The van der Waals surface area contributed by atoms with E-state index in [0.29, 0.717) is 28.2 Å². The maximum Gasteiger partial charge on any atom is 0.240 e. The van der Waals surface area contributed by atoms with E-state index in [-0.39, 0.29) is 11.4 Å². The molecule has 0 aliphatic heterocycles. The number of carbonyl (C=O) groups excluding carboxylic acids is 1. The lowest BCUT2D eigenvalue weighted by Crippen LogP contribution is -1.94. The molecule has 0 fully saturated rings. The first-order valence-corrected chi connectivity index (χ1v) is 7.22. The molecule has 0 radical (unpaired) electrons. The van der Waals surface area contributed by atoms with Crippen molar-refractivity contribution in [3.8, 4) is 23.0 Å². The van der Waals surface area contributed by atoms with Gasteiger partial charge in [-0.2, -0.15) is 4.99 Å². The minimum absolute atomic E-state index is 0.00728. The summed E-state index contributed by atoms with van der Waals surface area (Å²) in [6, 6.07) is 8.96. The highest BCUT2D eigenvalue weighted by molar-refractivity contribution is 5.88. The standard InChI is InChI=1S/C18H13FN2O4/c1-23-17-8-12-14(9-18(17)24-2)20-6-5-15(12)25-16-4-3-11(21-10-22)7-13(16)19/h3-9H,1-2H3. The fourth-order valence-electron chi connectivity index (χ4n) is 2.35. The summed E-state index contributed by atoms with van der Waals surface area (Å²) in [5, 5.41) is 0.634. The Morgan fingerprint density at radius 3 is 2.44 bits per heavy atom. The molecule has 0 saturated carbocycles. The predicted octanol–water partition coefficient (Wildman–Crippen LogP) is 4.15. The van der Waals surface area contributed by atoms with E-state index in [2.05, 4.69) is 9.98 Å². The molecule has 0 N–H and O–H groups in total. The second-order valence-electron chi connectivity index (χ2n) is 4.95. The van der Waals surface area contributed by atoms with Crippen molar-refractivity contribution in [3.63, 3.8) is 0 Å². The summed E-state index contributed by atoms with van der Waals surface area (Å²) in [4.78, 5) is 17.9. The molecule has 0 aliphatic carbocycles. The molecule has 7 heteroatoms. The van der Waals surface area contributed by atoms with Crippen LogP contribution in [-0.2, 0) is 4.79 Å². The number of isocyanates is 1. The molecule has 3 rings (SSSR count). The first kappa shape index (κ1) is 16.4. The van der Waals surface area contributed by atoms with E-state index in [4.69, 9.17) is 14.2 Å². The zero-order valence-corrected chi connectivity index (χ0v) is 13.4. The third-order valence-electron chi connectivity index (χ3n) is 3.52. The van der Waals surface area contributed by atoms with Crippen LogP contribution < -0.4 is 14.2 Å². The Bertz CT molecular complexity index is 984. The largest absolute Gasteiger partial charge is 0.493 e. The molecule has 1 heterocycles. The van der Waals surface area contributed by atoms with Gasteiger partial charge in [-0.1, -0.05) is 0 Å². The monoisotopic (exact) mass is 340 g/mol. The van der Waals surface area contributed by atoms with Gasteiger partial charge in [-0.15, -0.1) is 0 Å². The zero-order chi connectivity index (χ0) is 17.8. The van der Waals surface area contributed by atoms with E-state index in [9.17, 15) is 9.18 Å². The van der Waals surface area contributed by atoms with Crippen molar-refractivity contribution in [1.82, 2.24) is 4.98 Å². The number of hydrogen-bond donors (Lipinski definition) is 0. The molecule has 2 aromatic carbocycles. The van der Waals surface area contributed by atoms with E-state index in [1.807, 2.05) is 0 Å². The number of hydrogen-bond acceptors (Lipinski definition) is 6. The van der Waals surface area contributed by atoms with Crippen LogP contribution in [0.1, 0.15) is 0 Å². The highest BCUT2D eigenvalue weighted by Gasteiger charge is 2.13. The van der Waals surface area contributed by atoms with Gasteiger partial charge in [0, 0.05) is 23.7 Å². The van der Waals surface area contributed by atoms with Crippen LogP contribution in [0.15, 0.2) is 47.6 Å². The van der Waals surface area contributed by atoms with Crippen molar-refractivity contribution < 1.29 is 23.4 Å². The molecule has 0 bridgehead atoms. The second-order valence-corrected chi connectivity index (χ2v) is 4.95. The lowest BCUT2D eigenvalue weighted by molar-refractivity contribution is 0.355. The average Bonchev–Trinajstić information content (AvgIpc) is 2.63. The van der Waals surface area contributed by atoms with Crippen LogP contribution in [0.25, 0.3) is 10.9 Å². The molecule has 6 nitrogen and oxygen atoms in total. The number of pyridine rings is 1. The van der Waals surface area contributed by atoms with Gasteiger partial charge in [0.1, 0.15) is 5.75 Å². The van der Waals surface area contributed by atoms with Crippen molar-refractivity contribution in [2.75, 3.05) is 14.2 Å². The predicted molar refractivity (Wildman–Crippen MR) is 89.1 cm³/mol. The van der Waals surface area contributed by atoms with Gasteiger partial charge in [-0.05, 0) is 24.3 Å². The van der Waals surface area contributed by atoms with Crippen LogP contribution in [0, 0.1) is 5.82 Å². The van der Waals surface area contributed by atoms with Gasteiger partial charge in [0.25, 0.3) is 0 Å². The topological polar surface area (TPSA) is 70.0 Å². The Hall–Kier alpha value is -3.44. The lowest BCUT2D eigenvalue weighted by atomic mass is 10.2. The van der Waals surface area contributed by atoms with E-state index in [0.717, 1.165) is 6.07 Å². The van der Waals surface area contributed by atoms with E-state index in [1.165, 1.54) is 32.4 Å². The lowest BCUT2D eigenvalue weighted by Gasteiger charge is -2.12. The fraction of sp³-hybridized carbons (Fsp3) is 0.111. The molecular weight excluding hydrogens is 327 g/mol. The molecule has 1 aromatic heterocycles. The van der Waals surface area contributed by atoms with E-state index in [1.54, 1.807) is 24.4 Å². The number of benzene rings is 2. The molecule has 126 valence electrons. The molecule has 0 saturated heterocycles. The first-order chi connectivity index (χ1) is 12.2. The zero-order valence-electron chi connectivity index (χ0n) is 13.4. The van der Waals surface area contributed by atoms with Gasteiger partial charge in [0.15, 0.2) is 23.1 Å². The third-order valence-corrected chi connectivity index (χ3v) is 3.52. The molecule has 0 atom stereocenters. The summed E-state index contributed by atoms with van der Waals surface area (Å²) < 4.78 is 30.4. The van der Waals surface area contributed by atoms with Gasteiger partial charge < -0.3 is 14.2 Å². The smallest absolute Gasteiger partial charge is 0.240 e. The van der Waals surface area contributed by atoms with Crippen LogP contribution in [0.4, 0.5) is 10.1 Å². The minimum Gasteiger partial charge on any atom is -0.493 e. The fourth-order valence-corrected chi connectivity index (χ4v) is 2.35. The van der Waals surface area contributed by atoms with Gasteiger partial charge >= 0.3 is 0 Å². The Morgan fingerprint density at radius 1 is 1.00 bits per heavy atom. The first-order valence-electron chi connectivity index (χ1n) is 7.22. The molecule has 0 aliphatic rings. The van der Waals surface area contributed by atoms with Crippen molar-refractivity contribution in [2.45, 2.75) is 0 Å². The molecular formula is C18H13FN2O4. The number of ether oxygens (including phenoxy) is 3. The number of methoxy groups -OCH3 is 2. The van der Waals surface area contributed by atoms with Crippen molar-refractivity contribution in [3.05, 3.63) is 48.4 Å². The summed E-state index contributed by atoms with van der Waals surface area (Å²) in [7, 11) is 3.05. The second kappa shape index (κ2) is 6.98. The van der Waals surface area contributed by atoms with Crippen LogP contribution in [0.5, 0.6) is 23.0 Å². The van der Waals surface area contributed by atoms with Crippen LogP contribution in [0.2, 0.25) is 0 Å². The summed E-state index contributed by atoms with van der Waals surface area (Å²) in [5.41, 5.74) is 0.767. The quantitative estimate of drug-likeness (QED) is 0.515. The maximum atomic E-state index is 14.1. The van der Waals surface area contributed by atoms with Gasteiger partial charge in [0.2, 0.25) is 6.08 Å². The Kier molecular flexibility index (Phi) is 4.59. The van der Waals surface area contributed by atoms with Crippen LogP contribution in [0.3, 0.4) is 0 Å². The normalized spacial score (nSPS) is 10.2. The molecule has 3 aromatic rings. The Labute approximate surface area is 142 Å². The van der Waals surface area contributed by atoms with E-state index < -0.39 is 5.82 Å². The molecule has 0 unspecified atom stereocenters. The number of halogens is 1.